The van der Waals surface area contributed by atoms with E-state index in [1.807, 2.05) is 6.20 Å². The Balaban J connectivity index is 1.98. The number of ether oxygens (including phenoxy) is 1. The molecule has 3 heteroatoms. The third kappa shape index (κ3) is 1.36. The van der Waals surface area contributed by atoms with Gasteiger partial charge in [-0.3, -0.25) is 0 Å². The number of hydrogen-bond donors (Lipinski definition) is 0. The standard InChI is InChI=1S/C12H18N2O/c1-11(2,3)9-6-13-14-7-12(4-5-12)8-15-10(9)14/h6H,4-5,7-8H2,1-3H3. The fourth-order valence-electron chi connectivity index (χ4n) is 2.22. The molecule has 1 aromatic heterocycles. The molecule has 2 aliphatic rings. The van der Waals surface area contributed by atoms with Crippen molar-refractivity contribution in [3.63, 3.8) is 0 Å². The third-order valence-corrected chi connectivity index (χ3v) is 3.56. The summed E-state index contributed by atoms with van der Waals surface area (Å²) in [6, 6.07) is 0. The lowest BCUT2D eigenvalue weighted by Gasteiger charge is -2.26. The van der Waals surface area contributed by atoms with E-state index < -0.39 is 0 Å². The van der Waals surface area contributed by atoms with E-state index in [1.54, 1.807) is 0 Å². The van der Waals surface area contributed by atoms with Gasteiger partial charge in [0.15, 0.2) is 0 Å². The van der Waals surface area contributed by atoms with Gasteiger partial charge in [0.1, 0.15) is 0 Å². The lowest BCUT2D eigenvalue weighted by atomic mass is 9.89. The van der Waals surface area contributed by atoms with Crippen LogP contribution in [0.25, 0.3) is 0 Å². The van der Waals surface area contributed by atoms with Gasteiger partial charge < -0.3 is 4.74 Å². The Morgan fingerprint density at radius 1 is 1.40 bits per heavy atom. The Labute approximate surface area is 90.4 Å². The van der Waals surface area contributed by atoms with Crippen LogP contribution in [0.2, 0.25) is 0 Å². The fourth-order valence-corrected chi connectivity index (χ4v) is 2.22. The molecule has 0 atom stereocenters. The summed E-state index contributed by atoms with van der Waals surface area (Å²) in [4.78, 5) is 0. The van der Waals surface area contributed by atoms with Crippen LogP contribution in [0.5, 0.6) is 5.88 Å². The first kappa shape index (κ1) is 9.25. The zero-order valence-corrected chi connectivity index (χ0v) is 9.71. The van der Waals surface area contributed by atoms with Crippen molar-refractivity contribution in [2.45, 2.75) is 45.6 Å². The second-order valence-electron chi connectivity index (χ2n) is 6.06. The van der Waals surface area contributed by atoms with E-state index in [2.05, 4.69) is 30.6 Å². The molecule has 82 valence electrons. The highest BCUT2D eigenvalue weighted by molar-refractivity contribution is 5.32. The molecule has 1 spiro atoms. The topological polar surface area (TPSA) is 27.1 Å². The van der Waals surface area contributed by atoms with Crippen LogP contribution in [0.4, 0.5) is 0 Å². The zero-order valence-electron chi connectivity index (χ0n) is 9.71. The highest BCUT2D eigenvalue weighted by Crippen LogP contribution is 2.50. The number of fused-ring (bicyclic) bond motifs is 1. The van der Waals surface area contributed by atoms with Crippen LogP contribution in [0.1, 0.15) is 39.2 Å². The molecule has 3 nitrogen and oxygen atoms in total. The molecule has 2 heterocycles. The Hall–Kier alpha value is -0.990. The lowest BCUT2D eigenvalue weighted by Crippen LogP contribution is -2.28. The van der Waals surface area contributed by atoms with E-state index in [4.69, 9.17) is 4.74 Å². The minimum absolute atomic E-state index is 0.127. The summed E-state index contributed by atoms with van der Waals surface area (Å²) in [6.07, 6.45) is 4.57. The first-order valence-corrected chi connectivity index (χ1v) is 5.69. The molecule has 0 unspecified atom stereocenters. The monoisotopic (exact) mass is 206 g/mol. The van der Waals surface area contributed by atoms with Crippen LogP contribution < -0.4 is 4.74 Å². The molecule has 0 saturated heterocycles. The molecular formula is C12H18N2O. The van der Waals surface area contributed by atoms with Crippen molar-refractivity contribution in [2.75, 3.05) is 6.61 Å². The van der Waals surface area contributed by atoms with Gasteiger partial charge in [0.05, 0.1) is 19.3 Å². The van der Waals surface area contributed by atoms with E-state index >= 15 is 0 Å². The normalized spacial score (nSPS) is 22.3. The third-order valence-electron chi connectivity index (χ3n) is 3.56. The van der Waals surface area contributed by atoms with Gasteiger partial charge in [-0.1, -0.05) is 20.8 Å². The number of rotatable bonds is 0. The van der Waals surface area contributed by atoms with Crippen molar-refractivity contribution in [3.05, 3.63) is 11.8 Å². The quantitative estimate of drug-likeness (QED) is 0.651. The number of nitrogens with zero attached hydrogens (tertiary/aromatic N) is 2. The Morgan fingerprint density at radius 3 is 2.73 bits per heavy atom. The van der Waals surface area contributed by atoms with Gasteiger partial charge in [0, 0.05) is 11.0 Å². The predicted molar refractivity (Wildman–Crippen MR) is 58.1 cm³/mol. The summed E-state index contributed by atoms with van der Waals surface area (Å²) >= 11 is 0. The first-order valence-electron chi connectivity index (χ1n) is 5.69. The maximum atomic E-state index is 5.90. The molecule has 0 bridgehead atoms. The average molecular weight is 206 g/mol. The minimum Gasteiger partial charge on any atom is -0.477 e. The summed E-state index contributed by atoms with van der Waals surface area (Å²) in [7, 11) is 0. The molecule has 1 aliphatic carbocycles. The molecule has 0 amide bonds. The molecule has 0 aromatic carbocycles. The summed E-state index contributed by atoms with van der Waals surface area (Å²) in [5, 5.41) is 4.45. The summed E-state index contributed by atoms with van der Waals surface area (Å²) in [6.45, 7) is 8.56. The summed E-state index contributed by atoms with van der Waals surface area (Å²) < 4.78 is 7.95. The Kier molecular flexibility index (Phi) is 1.59. The molecule has 0 N–H and O–H groups in total. The van der Waals surface area contributed by atoms with E-state index in [0.717, 1.165) is 19.0 Å². The second kappa shape index (κ2) is 2.57. The molecule has 3 rings (SSSR count). The Bertz CT molecular complexity index is 396. The van der Waals surface area contributed by atoms with Crippen molar-refractivity contribution in [1.82, 2.24) is 9.78 Å². The predicted octanol–water partition coefficient (Wildman–Crippen LogP) is 2.35. The van der Waals surface area contributed by atoms with Gasteiger partial charge in [0.2, 0.25) is 5.88 Å². The minimum atomic E-state index is 0.127. The molecular weight excluding hydrogens is 188 g/mol. The summed E-state index contributed by atoms with van der Waals surface area (Å²) in [5.41, 5.74) is 1.80. The van der Waals surface area contributed by atoms with Gasteiger partial charge in [-0.05, 0) is 18.3 Å². The average Bonchev–Trinajstić information content (AvgIpc) is 2.75. The van der Waals surface area contributed by atoms with E-state index in [9.17, 15) is 0 Å². The number of aromatic nitrogens is 2. The Morgan fingerprint density at radius 2 is 2.13 bits per heavy atom. The smallest absolute Gasteiger partial charge is 0.215 e. The van der Waals surface area contributed by atoms with Gasteiger partial charge in [0.25, 0.3) is 0 Å². The molecule has 1 fully saturated rings. The largest absolute Gasteiger partial charge is 0.477 e. The first-order chi connectivity index (χ1) is 7.00. The van der Waals surface area contributed by atoms with Gasteiger partial charge >= 0.3 is 0 Å². The van der Waals surface area contributed by atoms with E-state index in [-0.39, 0.29) is 5.41 Å². The van der Waals surface area contributed by atoms with Gasteiger partial charge in [-0.2, -0.15) is 5.10 Å². The van der Waals surface area contributed by atoms with E-state index in [0.29, 0.717) is 5.41 Å². The molecule has 1 aromatic rings. The van der Waals surface area contributed by atoms with Crippen molar-refractivity contribution in [1.29, 1.82) is 0 Å². The van der Waals surface area contributed by atoms with Crippen LogP contribution in [-0.4, -0.2) is 16.4 Å². The molecule has 0 radical (unpaired) electrons. The van der Waals surface area contributed by atoms with Crippen LogP contribution >= 0.6 is 0 Å². The van der Waals surface area contributed by atoms with Crippen molar-refractivity contribution in [2.24, 2.45) is 5.41 Å². The van der Waals surface area contributed by atoms with Gasteiger partial charge in [-0.15, -0.1) is 0 Å². The molecule has 1 aliphatic heterocycles. The number of hydrogen-bond acceptors (Lipinski definition) is 2. The van der Waals surface area contributed by atoms with Crippen LogP contribution in [0, 0.1) is 5.41 Å². The van der Waals surface area contributed by atoms with Crippen molar-refractivity contribution in [3.8, 4) is 5.88 Å². The molecule has 1 saturated carbocycles. The van der Waals surface area contributed by atoms with Crippen LogP contribution in [-0.2, 0) is 12.0 Å². The second-order valence-corrected chi connectivity index (χ2v) is 6.06. The van der Waals surface area contributed by atoms with Gasteiger partial charge in [-0.25, -0.2) is 4.68 Å². The maximum absolute atomic E-state index is 5.90. The van der Waals surface area contributed by atoms with Crippen LogP contribution in [0.15, 0.2) is 6.20 Å². The highest BCUT2D eigenvalue weighted by Gasteiger charge is 2.47. The SMILES string of the molecule is CC(C)(C)c1cnn2c1OCC1(CC1)C2. The fraction of sp³-hybridized carbons (Fsp3) is 0.750. The molecule has 15 heavy (non-hydrogen) atoms. The van der Waals surface area contributed by atoms with E-state index in [1.165, 1.54) is 18.4 Å². The van der Waals surface area contributed by atoms with Crippen molar-refractivity contribution < 1.29 is 4.74 Å². The lowest BCUT2D eigenvalue weighted by molar-refractivity contribution is 0.145. The maximum Gasteiger partial charge on any atom is 0.215 e. The zero-order chi connectivity index (χ0) is 10.7. The van der Waals surface area contributed by atoms with Crippen LogP contribution in [0.3, 0.4) is 0 Å². The van der Waals surface area contributed by atoms with Crippen molar-refractivity contribution >= 4 is 0 Å². The summed E-state index contributed by atoms with van der Waals surface area (Å²) in [5.74, 6) is 1.00. The highest BCUT2D eigenvalue weighted by atomic mass is 16.5.